The molecule has 1 rings (SSSR count). The van der Waals surface area contributed by atoms with Crippen molar-refractivity contribution in [3.05, 3.63) is 34.3 Å². The molecule has 0 atom stereocenters. The number of benzene rings is 1. The van der Waals surface area contributed by atoms with Gasteiger partial charge in [0, 0.05) is 23.2 Å². The number of hydrogen-bond donors (Lipinski definition) is 0. The van der Waals surface area contributed by atoms with Gasteiger partial charge in [-0.05, 0) is 26.0 Å². The van der Waals surface area contributed by atoms with Gasteiger partial charge in [0.1, 0.15) is 0 Å². The zero-order valence-electron chi connectivity index (χ0n) is 10.1. The molecule has 0 saturated heterocycles. The van der Waals surface area contributed by atoms with E-state index in [2.05, 4.69) is 15.9 Å². The highest BCUT2D eigenvalue weighted by molar-refractivity contribution is 9.10. The number of hydrogen-bond acceptors (Lipinski definition) is 3. The van der Waals surface area contributed by atoms with Crippen LogP contribution in [0.4, 0.5) is 0 Å². The van der Waals surface area contributed by atoms with Gasteiger partial charge in [0.15, 0.2) is 12.1 Å². The molecule has 0 aromatic heterocycles. The molecule has 0 fully saturated rings. The second-order valence-electron chi connectivity index (χ2n) is 3.48. The van der Waals surface area contributed by atoms with E-state index in [1.54, 1.807) is 12.1 Å². The summed E-state index contributed by atoms with van der Waals surface area (Å²) in [4.78, 5) is 12.0. The van der Waals surface area contributed by atoms with E-state index in [1.165, 1.54) is 0 Å². The van der Waals surface area contributed by atoms with Crippen LogP contribution in [0.5, 0.6) is 0 Å². The van der Waals surface area contributed by atoms with E-state index < -0.39 is 6.29 Å². The molecule has 0 aliphatic heterocycles. The lowest BCUT2D eigenvalue weighted by molar-refractivity contribution is -0.133. The zero-order valence-corrected chi connectivity index (χ0v) is 11.7. The molecule has 0 N–H and O–H groups in total. The Labute approximate surface area is 110 Å². The minimum Gasteiger partial charge on any atom is -0.352 e. The van der Waals surface area contributed by atoms with E-state index in [0.29, 0.717) is 18.8 Å². The Morgan fingerprint density at radius 2 is 1.94 bits per heavy atom. The summed E-state index contributed by atoms with van der Waals surface area (Å²) in [6.45, 7) is 4.85. The van der Waals surface area contributed by atoms with Crippen molar-refractivity contribution in [2.24, 2.45) is 0 Å². The van der Waals surface area contributed by atoms with Gasteiger partial charge in [0.2, 0.25) is 0 Å². The van der Waals surface area contributed by atoms with Crippen LogP contribution in [0.3, 0.4) is 0 Å². The molecule has 0 aliphatic rings. The summed E-state index contributed by atoms with van der Waals surface area (Å²) in [5, 5.41) is 0. The van der Waals surface area contributed by atoms with Crippen molar-refractivity contribution in [2.45, 2.75) is 26.6 Å². The standard InChI is InChI=1S/C13H17BrO3/c1-3-16-13(17-4-2)9-12(15)10-6-5-7-11(14)8-10/h5-8,13H,3-4,9H2,1-2H3. The monoisotopic (exact) mass is 300 g/mol. The SMILES string of the molecule is CCOC(CC(=O)c1cccc(Br)c1)OCC. The molecule has 0 spiro atoms. The van der Waals surface area contributed by atoms with Gasteiger partial charge >= 0.3 is 0 Å². The van der Waals surface area contributed by atoms with Gasteiger partial charge in [-0.15, -0.1) is 0 Å². The molecule has 0 radical (unpaired) electrons. The summed E-state index contributed by atoms with van der Waals surface area (Å²) >= 11 is 3.34. The fraction of sp³-hybridized carbons (Fsp3) is 0.462. The van der Waals surface area contributed by atoms with Gasteiger partial charge in [0.05, 0.1) is 6.42 Å². The first-order valence-corrected chi connectivity index (χ1v) is 6.48. The lowest BCUT2D eigenvalue weighted by Crippen LogP contribution is -2.21. The largest absolute Gasteiger partial charge is 0.352 e. The number of rotatable bonds is 7. The van der Waals surface area contributed by atoms with E-state index in [1.807, 2.05) is 26.0 Å². The van der Waals surface area contributed by atoms with Gasteiger partial charge in [-0.1, -0.05) is 28.1 Å². The number of carbonyl (C=O) groups excluding carboxylic acids is 1. The smallest absolute Gasteiger partial charge is 0.167 e. The molecule has 0 unspecified atom stereocenters. The van der Waals surface area contributed by atoms with Crippen LogP contribution in [0.1, 0.15) is 30.6 Å². The number of ether oxygens (including phenoxy) is 2. The van der Waals surface area contributed by atoms with Crippen LogP contribution in [0, 0.1) is 0 Å². The molecule has 94 valence electrons. The van der Waals surface area contributed by atoms with Gasteiger partial charge in [-0.25, -0.2) is 0 Å². The van der Waals surface area contributed by atoms with Crippen molar-refractivity contribution in [3.63, 3.8) is 0 Å². The fourth-order valence-electron chi connectivity index (χ4n) is 1.47. The highest BCUT2D eigenvalue weighted by Gasteiger charge is 2.15. The minimum absolute atomic E-state index is 0.0261. The Morgan fingerprint density at radius 1 is 1.29 bits per heavy atom. The van der Waals surface area contributed by atoms with Crippen LogP contribution >= 0.6 is 15.9 Å². The molecule has 0 bridgehead atoms. The van der Waals surface area contributed by atoms with Crippen molar-refractivity contribution in [1.82, 2.24) is 0 Å². The molecule has 0 heterocycles. The average Bonchev–Trinajstić information content (AvgIpc) is 2.29. The Balaban J connectivity index is 2.63. The van der Waals surface area contributed by atoms with Crippen LogP contribution in [0.15, 0.2) is 28.7 Å². The number of Topliss-reactive ketones (excluding diaryl/α,β-unsaturated/α-hetero) is 1. The predicted molar refractivity (Wildman–Crippen MR) is 70.1 cm³/mol. The van der Waals surface area contributed by atoms with Crippen molar-refractivity contribution in [1.29, 1.82) is 0 Å². The number of carbonyl (C=O) groups is 1. The third-order valence-electron chi connectivity index (χ3n) is 2.20. The van der Waals surface area contributed by atoms with E-state index in [0.717, 1.165) is 4.47 Å². The van der Waals surface area contributed by atoms with Crippen LogP contribution < -0.4 is 0 Å². The molecule has 1 aromatic rings. The van der Waals surface area contributed by atoms with Crippen LogP contribution in [0.25, 0.3) is 0 Å². The van der Waals surface area contributed by atoms with Crippen molar-refractivity contribution >= 4 is 21.7 Å². The first-order chi connectivity index (χ1) is 8.17. The molecule has 0 aliphatic carbocycles. The lowest BCUT2D eigenvalue weighted by Gasteiger charge is -2.16. The van der Waals surface area contributed by atoms with Crippen molar-refractivity contribution in [2.75, 3.05) is 13.2 Å². The van der Waals surface area contributed by atoms with Crippen LogP contribution in [-0.4, -0.2) is 25.3 Å². The molecule has 1 aromatic carbocycles. The number of ketones is 1. The lowest BCUT2D eigenvalue weighted by atomic mass is 10.1. The quantitative estimate of drug-likeness (QED) is 0.572. The Morgan fingerprint density at radius 3 is 2.47 bits per heavy atom. The Bertz CT molecular complexity index is 359. The topological polar surface area (TPSA) is 35.5 Å². The molecular formula is C13H17BrO3. The second kappa shape index (κ2) is 7.58. The predicted octanol–water partition coefficient (Wildman–Crippen LogP) is 3.42. The zero-order chi connectivity index (χ0) is 12.7. The normalized spacial score (nSPS) is 10.8. The van der Waals surface area contributed by atoms with E-state index >= 15 is 0 Å². The highest BCUT2D eigenvalue weighted by atomic mass is 79.9. The maximum Gasteiger partial charge on any atom is 0.167 e. The van der Waals surface area contributed by atoms with Crippen LogP contribution in [0.2, 0.25) is 0 Å². The molecular weight excluding hydrogens is 284 g/mol. The summed E-state index contributed by atoms with van der Waals surface area (Å²) in [6, 6.07) is 7.33. The highest BCUT2D eigenvalue weighted by Crippen LogP contribution is 2.15. The molecule has 0 amide bonds. The minimum atomic E-state index is -0.448. The first kappa shape index (κ1) is 14.4. The van der Waals surface area contributed by atoms with Gasteiger partial charge in [-0.3, -0.25) is 4.79 Å². The maximum absolute atomic E-state index is 12.0. The Kier molecular flexibility index (Phi) is 6.40. The van der Waals surface area contributed by atoms with Gasteiger partial charge in [-0.2, -0.15) is 0 Å². The molecule has 4 heteroatoms. The van der Waals surface area contributed by atoms with Gasteiger partial charge < -0.3 is 9.47 Å². The fourth-order valence-corrected chi connectivity index (χ4v) is 1.87. The maximum atomic E-state index is 12.0. The Hall–Kier alpha value is -0.710. The third-order valence-corrected chi connectivity index (χ3v) is 2.70. The van der Waals surface area contributed by atoms with Crippen molar-refractivity contribution in [3.8, 4) is 0 Å². The summed E-state index contributed by atoms with van der Waals surface area (Å²) in [7, 11) is 0. The molecule has 3 nitrogen and oxygen atoms in total. The van der Waals surface area contributed by atoms with E-state index in [-0.39, 0.29) is 12.2 Å². The molecule has 17 heavy (non-hydrogen) atoms. The van der Waals surface area contributed by atoms with E-state index in [4.69, 9.17) is 9.47 Å². The first-order valence-electron chi connectivity index (χ1n) is 5.69. The second-order valence-corrected chi connectivity index (χ2v) is 4.39. The summed E-state index contributed by atoms with van der Waals surface area (Å²) in [6.07, 6.45) is -0.200. The summed E-state index contributed by atoms with van der Waals surface area (Å²) < 4.78 is 11.6. The van der Waals surface area contributed by atoms with E-state index in [9.17, 15) is 4.79 Å². The summed E-state index contributed by atoms with van der Waals surface area (Å²) in [5.41, 5.74) is 0.670. The van der Waals surface area contributed by atoms with Crippen molar-refractivity contribution < 1.29 is 14.3 Å². The van der Waals surface area contributed by atoms with Gasteiger partial charge in [0.25, 0.3) is 0 Å². The van der Waals surface area contributed by atoms with Crippen LogP contribution in [-0.2, 0) is 9.47 Å². The third kappa shape index (κ3) is 4.98. The number of halogens is 1. The summed E-state index contributed by atoms with van der Waals surface area (Å²) in [5.74, 6) is 0.0261. The molecule has 0 saturated carbocycles. The average molecular weight is 301 g/mol.